The van der Waals surface area contributed by atoms with Gasteiger partial charge < -0.3 is 15.5 Å². The normalized spacial score (nSPS) is 12.7. The van der Waals surface area contributed by atoms with Crippen LogP contribution in [0.25, 0.3) is 0 Å². The first-order valence-electron chi connectivity index (χ1n) is 4.15. The number of thioether (sulfide) groups is 1. The molecule has 0 saturated carbocycles. The first kappa shape index (κ1) is 11.1. The van der Waals surface area contributed by atoms with Crippen LogP contribution in [-0.2, 0) is 4.79 Å². The number of primary amides is 1. The van der Waals surface area contributed by atoms with Crippen LogP contribution in [-0.4, -0.2) is 29.7 Å². The van der Waals surface area contributed by atoms with Crippen LogP contribution < -0.4 is 11.1 Å². The molecule has 0 spiro atoms. The van der Waals surface area contributed by atoms with E-state index < -0.39 is 0 Å². The summed E-state index contributed by atoms with van der Waals surface area (Å²) in [5.41, 5.74) is 5.98. The fraction of sp³-hybridized carbons (Fsp3) is 0.500. The van der Waals surface area contributed by atoms with Gasteiger partial charge in [0.05, 0.1) is 11.7 Å². The number of likely N-dealkylation sites (N-methyl/N-ethyl adjacent to an activating group) is 1. The Labute approximate surface area is 86.4 Å². The van der Waals surface area contributed by atoms with Crippen LogP contribution in [0.15, 0.2) is 15.9 Å². The number of hydrogen-bond donors (Lipinski definition) is 2. The Bertz CT molecular complexity index is 313. The molecule has 1 aromatic rings. The Balaban J connectivity index is 2.43. The standard InChI is InChI=1S/C8H13N3O2S/c1-5-3-13-8(11-5)14-4-6(10-2)7(9)12/h3,6,10H,4H2,1-2H3,(H2,9,12). The molecule has 1 amide bonds. The lowest BCUT2D eigenvalue weighted by molar-refractivity contribution is -0.119. The number of nitrogens with zero attached hydrogens (tertiary/aromatic N) is 1. The van der Waals surface area contributed by atoms with E-state index in [1.54, 1.807) is 13.3 Å². The molecule has 6 heteroatoms. The predicted octanol–water partition coefficient (Wildman–Crippen LogP) is 0.148. The molecule has 14 heavy (non-hydrogen) atoms. The van der Waals surface area contributed by atoms with E-state index in [9.17, 15) is 4.79 Å². The molecule has 0 radical (unpaired) electrons. The maximum Gasteiger partial charge on any atom is 0.255 e. The Hall–Kier alpha value is -1.01. The average Bonchev–Trinajstić information content (AvgIpc) is 2.52. The molecule has 0 fully saturated rings. The molecule has 0 aliphatic carbocycles. The quantitative estimate of drug-likeness (QED) is 0.683. The monoisotopic (exact) mass is 215 g/mol. The van der Waals surface area contributed by atoms with Gasteiger partial charge in [-0.05, 0) is 14.0 Å². The van der Waals surface area contributed by atoms with Crippen molar-refractivity contribution in [1.29, 1.82) is 0 Å². The van der Waals surface area contributed by atoms with Crippen LogP contribution in [0.3, 0.4) is 0 Å². The second-order valence-electron chi connectivity index (χ2n) is 2.81. The van der Waals surface area contributed by atoms with Crippen molar-refractivity contribution in [2.24, 2.45) is 5.73 Å². The summed E-state index contributed by atoms with van der Waals surface area (Å²) in [6, 6.07) is -0.354. The Morgan fingerprint density at radius 1 is 1.86 bits per heavy atom. The van der Waals surface area contributed by atoms with Crippen LogP contribution in [0.2, 0.25) is 0 Å². The number of aromatic nitrogens is 1. The maximum absolute atomic E-state index is 10.9. The van der Waals surface area contributed by atoms with E-state index in [1.165, 1.54) is 11.8 Å². The third-order valence-electron chi connectivity index (χ3n) is 1.66. The van der Waals surface area contributed by atoms with Gasteiger partial charge in [-0.15, -0.1) is 0 Å². The lowest BCUT2D eigenvalue weighted by Gasteiger charge is -2.09. The molecular formula is C8H13N3O2S. The second-order valence-corrected chi connectivity index (χ2v) is 3.78. The molecule has 1 unspecified atom stereocenters. The van der Waals surface area contributed by atoms with Gasteiger partial charge in [-0.3, -0.25) is 4.79 Å². The highest BCUT2D eigenvalue weighted by molar-refractivity contribution is 7.99. The third-order valence-corrected chi connectivity index (χ3v) is 2.60. The van der Waals surface area contributed by atoms with Crippen molar-refractivity contribution in [2.45, 2.75) is 18.2 Å². The Morgan fingerprint density at radius 2 is 2.57 bits per heavy atom. The van der Waals surface area contributed by atoms with Gasteiger partial charge in [-0.2, -0.15) is 0 Å². The van der Waals surface area contributed by atoms with Crippen molar-refractivity contribution in [3.05, 3.63) is 12.0 Å². The number of amides is 1. The molecule has 0 aliphatic heterocycles. The minimum atomic E-state index is -0.372. The molecule has 1 atom stereocenters. The summed E-state index contributed by atoms with van der Waals surface area (Å²) in [7, 11) is 1.69. The van der Waals surface area contributed by atoms with E-state index in [0.29, 0.717) is 11.0 Å². The topological polar surface area (TPSA) is 81.2 Å². The van der Waals surface area contributed by atoms with Crippen LogP contribution in [0.5, 0.6) is 0 Å². The number of aryl methyl sites for hydroxylation is 1. The summed E-state index contributed by atoms with van der Waals surface area (Å²) in [6.45, 7) is 1.84. The summed E-state index contributed by atoms with van der Waals surface area (Å²) < 4.78 is 5.11. The molecule has 0 saturated heterocycles. The summed E-state index contributed by atoms with van der Waals surface area (Å²) in [5.74, 6) is 0.148. The van der Waals surface area contributed by atoms with Crippen LogP contribution >= 0.6 is 11.8 Å². The van der Waals surface area contributed by atoms with Crippen molar-refractivity contribution in [3.8, 4) is 0 Å². The van der Waals surface area contributed by atoms with Gasteiger partial charge in [0, 0.05) is 5.75 Å². The molecular weight excluding hydrogens is 202 g/mol. The van der Waals surface area contributed by atoms with Crippen molar-refractivity contribution in [1.82, 2.24) is 10.3 Å². The van der Waals surface area contributed by atoms with Crippen LogP contribution in [0, 0.1) is 6.92 Å². The molecule has 1 aromatic heterocycles. The molecule has 0 aromatic carbocycles. The maximum atomic E-state index is 10.9. The van der Waals surface area contributed by atoms with E-state index in [-0.39, 0.29) is 11.9 Å². The summed E-state index contributed by atoms with van der Waals surface area (Å²) in [5, 5.41) is 3.37. The van der Waals surface area contributed by atoms with E-state index in [2.05, 4.69) is 10.3 Å². The highest BCUT2D eigenvalue weighted by atomic mass is 32.2. The zero-order valence-electron chi connectivity index (χ0n) is 8.11. The first-order chi connectivity index (χ1) is 6.63. The number of carbonyl (C=O) groups excluding carboxylic acids is 1. The SMILES string of the molecule is CNC(CSc1nc(C)co1)C(N)=O. The Morgan fingerprint density at radius 3 is 3.00 bits per heavy atom. The minimum absolute atomic E-state index is 0.354. The van der Waals surface area contributed by atoms with E-state index in [4.69, 9.17) is 10.2 Å². The highest BCUT2D eigenvalue weighted by Crippen LogP contribution is 2.17. The molecule has 3 N–H and O–H groups in total. The molecule has 78 valence electrons. The number of rotatable bonds is 5. The summed E-state index contributed by atoms with van der Waals surface area (Å²) in [6.07, 6.45) is 1.57. The van der Waals surface area contributed by atoms with Gasteiger partial charge in [0.15, 0.2) is 0 Å². The van der Waals surface area contributed by atoms with Gasteiger partial charge >= 0.3 is 0 Å². The van der Waals surface area contributed by atoms with Gasteiger partial charge in [0.1, 0.15) is 6.26 Å². The minimum Gasteiger partial charge on any atom is -0.440 e. The zero-order chi connectivity index (χ0) is 10.6. The van der Waals surface area contributed by atoms with Crippen LogP contribution in [0.1, 0.15) is 5.69 Å². The third kappa shape index (κ3) is 3.04. The van der Waals surface area contributed by atoms with Crippen molar-refractivity contribution < 1.29 is 9.21 Å². The largest absolute Gasteiger partial charge is 0.440 e. The lowest BCUT2D eigenvalue weighted by atomic mass is 10.3. The molecule has 1 heterocycles. The van der Waals surface area contributed by atoms with Crippen molar-refractivity contribution in [2.75, 3.05) is 12.8 Å². The molecule has 5 nitrogen and oxygen atoms in total. The average molecular weight is 215 g/mol. The number of nitrogens with two attached hydrogens (primary N) is 1. The van der Waals surface area contributed by atoms with Gasteiger partial charge in [-0.1, -0.05) is 11.8 Å². The Kier molecular flexibility index (Phi) is 3.97. The molecule has 1 rings (SSSR count). The van der Waals surface area contributed by atoms with Gasteiger partial charge in [0.2, 0.25) is 5.91 Å². The van der Waals surface area contributed by atoms with Crippen molar-refractivity contribution >= 4 is 17.7 Å². The van der Waals surface area contributed by atoms with E-state index in [1.807, 2.05) is 6.92 Å². The number of hydrogen-bond acceptors (Lipinski definition) is 5. The summed E-state index contributed by atoms with van der Waals surface area (Å²) in [4.78, 5) is 14.9. The van der Waals surface area contributed by atoms with E-state index >= 15 is 0 Å². The molecule has 0 aliphatic rings. The first-order valence-corrected chi connectivity index (χ1v) is 5.13. The predicted molar refractivity (Wildman–Crippen MR) is 54.0 cm³/mol. The second kappa shape index (κ2) is 5.02. The molecule has 0 bridgehead atoms. The zero-order valence-corrected chi connectivity index (χ0v) is 8.93. The van der Waals surface area contributed by atoms with Crippen LogP contribution in [0.4, 0.5) is 0 Å². The number of carbonyl (C=O) groups is 1. The van der Waals surface area contributed by atoms with E-state index in [0.717, 1.165) is 5.69 Å². The van der Waals surface area contributed by atoms with Gasteiger partial charge in [0.25, 0.3) is 5.22 Å². The lowest BCUT2D eigenvalue weighted by Crippen LogP contribution is -2.41. The summed E-state index contributed by atoms with van der Waals surface area (Å²) >= 11 is 1.36. The van der Waals surface area contributed by atoms with Gasteiger partial charge in [-0.25, -0.2) is 4.98 Å². The number of nitrogens with one attached hydrogen (secondary N) is 1. The number of oxazole rings is 1. The fourth-order valence-electron chi connectivity index (χ4n) is 0.861. The van der Waals surface area contributed by atoms with Crippen molar-refractivity contribution in [3.63, 3.8) is 0 Å². The highest BCUT2D eigenvalue weighted by Gasteiger charge is 2.14. The fourth-order valence-corrected chi connectivity index (χ4v) is 1.83. The smallest absolute Gasteiger partial charge is 0.255 e.